The third-order valence-corrected chi connectivity index (χ3v) is 4.07. The monoisotopic (exact) mass is 370 g/mol. The van der Waals surface area contributed by atoms with Crippen molar-refractivity contribution < 1.29 is 4.79 Å². The standard InChI is InChI=1S/C20H30N6O/c1-15(2)14-26-11-10-22-18(26)13-24-20(21-3)23-12-16-6-8-17(9-7-16)19(27)25(4)5/h6-11,15H,12-14H2,1-5H3,(H2,21,23,24). The van der Waals surface area contributed by atoms with E-state index in [-0.39, 0.29) is 5.91 Å². The number of nitrogens with one attached hydrogen (secondary N) is 2. The number of carbonyl (C=O) groups excluding carboxylic acids is 1. The second kappa shape index (κ2) is 9.75. The Bertz CT molecular complexity index is 761. The van der Waals surface area contributed by atoms with Crippen molar-refractivity contribution in [2.45, 2.75) is 33.5 Å². The van der Waals surface area contributed by atoms with Crippen LogP contribution in [0.2, 0.25) is 0 Å². The maximum absolute atomic E-state index is 11.9. The van der Waals surface area contributed by atoms with Gasteiger partial charge in [-0.15, -0.1) is 0 Å². The molecule has 0 spiro atoms. The molecule has 0 saturated heterocycles. The lowest BCUT2D eigenvalue weighted by Crippen LogP contribution is -2.37. The summed E-state index contributed by atoms with van der Waals surface area (Å²) >= 11 is 0. The molecule has 1 heterocycles. The minimum Gasteiger partial charge on any atom is -0.352 e. The van der Waals surface area contributed by atoms with Gasteiger partial charge in [0.1, 0.15) is 5.82 Å². The zero-order chi connectivity index (χ0) is 19.8. The van der Waals surface area contributed by atoms with Crippen LogP contribution in [0, 0.1) is 5.92 Å². The van der Waals surface area contributed by atoms with Crippen molar-refractivity contribution in [1.29, 1.82) is 0 Å². The molecule has 2 rings (SSSR count). The maximum atomic E-state index is 11.9. The molecule has 0 unspecified atom stereocenters. The van der Waals surface area contributed by atoms with E-state index in [2.05, 4.69) is 39.0 Å². The molecule has 7 heteroatoms. The van der Waals surface area contributed by atoms with Crippen molar-refractivity contribution in [2.75, 3.05) is 21.1 Å². The number of hydrogen-bond acceptors (Lipinski definition) is 3. The Morgan fingerprint density at radius 2 is 1.85 bits per heavy atom. The fourth-order valence-electron chi connectivity index (χ4n) is 2.66. The van der Waals surface area contributed by atoms with Gasteiger partial charge in [-0.3, -0.25) is 9.79 Å². The largest absolute Gasteiger partial charge is 0.352 e. The summed E-state index contributed by atoms with van der Waals surface area (Å²) in [5, 5.41) is 6.58. The van der Waals surface area contributed by atoms with Gasteiger partial charge in [0, 0.05) is 52.2 Å². The van der Waals surface area contributed by atoms with Crippen molar-refractivity contribution in [2.24, 2.45) is 10.9 Å². The zero-order valence-corrected chi connectivity index (χ0v) is 16.9. The van der Waals surface area contributed by atoms with E-state index in [0.29, 0.717) is 30.5 Å². The molecule has 1 amide bonds. The molecule has 0 bridgehead atoms. The summed E-state index contributed by atoms with van der Waals surface area (Å²) in [6.45, 7) is 6.55. The quantitative estimate of drug-likeness (QED) is 0.578. The van der Waals surface area contributed by atoms with E-state index in [9.17, 15) is 4.79 Å². The smallest absolute Gasteiger partial charge is 0.253 e. The first-order valence-corrected chi connectivity index (χ1v) is 9.15. The number of rotatable bonds is 7. The van der Waals surface area contributed by atoms with Gasteiger partial charge in [0.25, 0.3) is 5.91 Å². The van der Waals surface area contributed by atoms with E-state index >= 15 is 0 Å². The molecule has 2 aromatic rings. The van der Waals surface area contributed by atoms with Gasteiger partial charge in [-0.2, -0.15) is 0 Å². The Hall–Kier alpha value is -2.83. The van der Waals surface area contributed by atoms with E-state index < -0.39 is 0 Å². The highest BCUT2D eigenvalue weighted by Gasteiger charge is 2.08. The van der Waals surface area contributed by atoms with Crippen molar-refractivity contribution >= 4 is 11.9 Å². The molecule has 0 aliphatic carbocycles. The molecule has 0 aliphatic heterocycles. The first-order chi connectivity index (χ1) is 12.9. The number of hydrogen-bond donors (Lipinski definition) is 2. The molecule has 0 fully saturated rings. The Kier molecular flexibility index (Phi) is 7.40. The number of nitrogens with zero attached hydrogens (tertiary/aromatic N) is 4. The first kappa shape index (κ1) is 20.5. The van der Waals surface area contributed by atoms with Gasteiger partial charge in [0.2, 0.25) is 0 Å². The summed E-state index contributed by atoms with van der Waals surface area (Å²) in [5.74, 6) is 2.27. The third-order valence-electron chi connectivity index (χ3n) is 4.07. The van der Waals surface area contributed by atoms with Crippen LogP contribution < -0.4 is 10.6 Å². The second-order valence-corrected chi connectivity index (χ2v) is 7.07. The van der Waals surface area contributed by atoms with Crippen LogP contribution in [0.15, 0.2) is 41.7 Å². The van der Waals surface area contributed by atoms with Crippen LogP contribution in [-0.4, -0.2) is 47.5 Å². The van der Waals surface area contributed by atoms with Gasteiger partial charge in [-0.05, 0) is 23.6 Å². The number of benzene rings is 1. The number of guanidine groups is 1. The fraction of sp³-hybridized carbons (Fsp3) is 0.450. The SMILES string of the molecule is CN=C(NCc1ccc(C(=O)N(C)C)cc1)NCc1nccn1CC(C)C. The molecule has 1 aromatic carbocycles. The van der Waals surface area contributed by atoms with Gasteiger partial charge in [0.15, 0.2) is 5.96 Å². The molecular weight excluding hydrogens is 340 g/mol. The van der Waals surface area contributed by atoms with E-state index in [1.165, 1.54) is 0 Å². The van der Waals surface area contributed by atoms with Crippen molar-refractivity contribution in [3.63, 3.8) is 0 Å². The molecule has 0 saturated carbocycles. The number of aliphatic imine (C=N–C) groups is 1. The molecule has 0 radical (unpaired) electrons. The Morgan fingerprint density at radius 1 is 1.19 bits per heavy atom. The summed E-state index contributed by atoms with van der Waals surface area (Å²) in [6.07, 6.45) is 3.83. The van der Waals surface area contributed by atoms with Gasteiger partial charge in [-0.25, -0.2) is 4.98 Å². The van der Waals surface area contributed by atoms with Crippen LogP contribution in [0.1, 0.15) is 35.6 Å². The first-order valence-electron chi connectivity index (χ1n) is 9.15. The van der Waals surface area contributed by atoms with Crippen molar-refractivity contribution in [3.05, 3.63) is 53.6 Å². The minimum absolute atomic E-state index is 0.00360. The normalized spacial score (nSPS) is 11.6. The van der Waals surface area contributed by atoms with E-state index in [4.69, 9.17) is 0 Å². The fourth-order valence-corrected chi connectivity index (χ4v) is 2.66. The van der Waals surface area contributed by atoms with Crippen molar-refractivity contribution in [3.8, 4) is 0 Å². The number of amides is 1. The molecular formula is C20H30N6O. The Balaban J connectivity index is 1.87. The molecule has 7 nitrogen and oxygen atoms in total. The summed E-state index contributed by atoms with van der Waals surface area (Å²) in [5.41, 5.74) is 1.76. The Labute approximate surface area is 161 Å². The highest BCUT2D eigenvalue weighted by molar-refractivity contribution is 5.93. The molecule has 27 heavy (non-hydrogen) atoms. The second-order valence-electron chi connectivity index (χ2n) is 7.07. The molecule has 1 aromatic heterocycles. The summed E-state index contributed by atoms with van der Waals surface area (Å²) in [4.78, 5) is 22.2. The topological polar surface area (TPSA) is 74.6 Å². The van der Waals surface area contributed by atoms with Gasteiger partial charge >= 0.3 is 0 Å². The Morgan fingerprint density at radius 3 is 2.44 bits per heavy atom. The predicted molar refractivity (Wildman–Crippen MR) is 109 cm³/mol. The minimum atomic E-state index is 0.00360. The lowest BCUT2D eigenvalue weighted by molar-refractivity contribution is 0.0827. The van der Waals surface area contributed by atoms with Gasteiger partial charge in [-0.1, -0.05) is 26.0 Å². The van der Waals surface area contributed by atoms with Crippen LogP contribution in [0.5, 0.6) is 0 Å². The average molecular weight is 371 g/mol. The number of aromatic nitrogens is 2. The highest BCUT2D eigenvalue weighted by Crippen LogP contribution is 2.06. The highest BCUT2D eigenvalue weighted by atomic mass is 16.2. The predicted octanol–water partition coefficient (Wildman–Crippen LogP) is 2.11. The van der Waals surface area contributed by atoms with Crippen LogP contribution in [0.4, 0.5) is 0 Å². The number of imidazole rings is 1. The summed E-state index contributed by atoms with van der Waals surface area (Å²) in [7, 11) is 5.24. The van der Waals surface area contributed by atoms with E-state index in [1.807, 2.05) is 36.7 Å². The molecule has 2 N–H and O–H groups in total. The van der Waals surface area contributed by atoms with Gasteiger partial charge < -0.3 is 20.1 Å². The molecule has 146 valence electrons. The van der Waals surface area contributed by atoms with E-state index in [1.54, 1.807) is 26.0 Å². The number of carbonyl (C=O) groups is 1. The molecule has 0 aliphatic rings. The van der Waals surface area contributed by atoms with Gasteiger partial charge in [0.05, 0.1) is 6.54 Å². The average Bonchev–Trinajstić information content (AvgIpc) is 3.08. The lowest BCUT2D eigenvalue weighted by Gasteiger charge is -2.14. The summed E-state index contributed by atoms with van der Waals surface area (Å²) < 4.78 is 2.16. The molecule has 0 atom stereocenters. The zero-order valence-electron chi connectivity index (χ0n) is 16.9. The van der Waals surface area contributed by atoms with Crippen LogP contribution in [0.25, 0.3) is 0 Å². The maximum Gasteiger partial charge on any atom is 0.253 e. The summed E-state index contributed by atoms with van der Waals surface area (Å²) in [6, 6.07) is 7.59. The lowest BCUT2D eigenvalue weighted by atomic mass is 10.1. The van der Waals surface area contributed by atoms with Crippen molar-refractivity contribution in [1.82, 2.24) is 25.1 Å². The van der Waals surface area contributed by atoms with Crippen LogP contribution >= 0.6 is 0 Å². The van der Waals surface area contributed by atoms with E-state index in [0.717, 1.165) is 17.9 Å². The van der Waals surface area contributed by atoms with Crippen LogP contribution in [0.3, 0.4) is 0 Å². The third kappa shape index (κ3) is 6.13. The van der Waals surface area contributed by atoms with Crippen LogP contribution in [-0.2, 0) is 19.6 Å².